The fourth-order valence-electron chi connectivity index (χ4n) is 1.18. The number of anilines is 1. The lowest BCUT2D eigenvalue weighted by Crippen LogP contribution is -2.41. The van der Waals surface area contributed by atoms with Crippen LogP contribution in [-0.4, -0.2) is 18.1 Å². The molecule has 0 aromatic heterocycles. The maximum absolute atomic E-state index is 11.6. The van der Waals surface area contributed by atoms with Crippen molar-refractivity contribution in [1.29, 1.82) is 5.26 Å². The highest BCUT2D eigenvalue weighted by Gasteiger charge is 2.18. The van der Waals surface area contributed by atoms with Gasteiger partial charge in [0.25, 0.3) is 0 Å². The predicted molar refractivity (Wildman–Crippen MR) is 66.3 cm³/mol. The van der Waals surface area contributed by atoms with Crippen LogP contribution in [0.4, 0.5) is 10.5 Å². The van der Waals surface area contributed by atoms with Gasteiger partial charge in [-0.1, -0.05) is 17.7 Å². The Balaban J connectivity index is 3.12. The number of amides is 2. The first kappa shape index (κ1) is 12.1. The third kappa shape index (κ3) is 2.55. The number of nitrogens with zero attached hydrogens (tertiary/aromatic N) is 2. The molecule has 1 rings (SSSR count). The Bertz CT molecular complexity index is 447. The summed E-state index contributed by atoms with van der Waals surface area (Å²) in [5.74, 6) is 0. The van der Waals surface area contributed by atoms with Crippen molar-refractivity contribution < 1.29 is 4.79 Å². The predicted octanol–water partition coefficient (Wildman–Crippen LogP) is 1.99. The van der Waals surface area contributed by atoms with Gasteiger partial charge in [0.05, 0.1) is 5.69 Å². The Kier molecular flexibility index (Phi) is 3.97. The van der Waals surface area contributed by atoms with E-state index in [0.29, 0.717) is 5.69 Å². The molecule has 0 spiro atoms. The van der Waals surface area contributed by atoms with E-state index in [1.807, 2.05) is 19.1 Å². The number of hydrogen-bond acceptors (Lipinski definition) is 3. The summed E-state index contributed by atoms with van der Waals surface area (Å²) in [6, 6.07) is 8.56. The number of benzene rings is 1. The zero-order valence-electron chi connectivity index (χ0n) is 9.02. The first-order valence-electron chi connectivity index (χ1n) is 4.62. The molecule has 1 aromatic carbocycles. The van der Waals surface area contributed by atoms with Gasteiger partial charge in [-0.2, -0.15) is 5.26 Å². The van der Waals surface area contributed by atoms with Crippen LogP contribution < -0.4 is 10.2 Å². The lowest BCUT2D eigenvalue weighted by Gasteiger charge is -2.19. The molecule has 5 heteroatoms. The number of rotatable bonds is 1. The van der Waals surface area contributed by atoms with E-state index >= 15 is 0 Å². The topological polar surface area (TPSA) is 56.1 Å². The van der Waals surface area contributed by atoms with Crippen molar-refractivity contribution in [3.63, 3.8) is 0 Å². The minimum atomic E-state index is -0.421. The van der Waals surface area contributed by atoms with Crippen LogP contribution in [0.15, 0.2) is 24.3 Å². The maximum atomic E-state index is 11.6. The number of carbonyl (C=O) groups is 1. The van der Waals surface area contributed by atoms with Crippen LogP contribution in [0.3, 0.4) is 0 Å². The molecule has 2 amide bonds. The summed E-state index contributed by atoms with van der Waals surface area (Å²) in [5.41, 5.74) is 1.65. The molecule has 16 heavy (non-hydrogen) atoms. The maximum Gasteiger partial charge on any atom is 0.327 e. The van der Waals surface area contributed by atoms with Crippen LogP contribution in [0, 0.1) is 18.3 Å². The number of urea groups is 1. The molecule has 0 radical (unpaired) electrons. The molecule has 0 heterocycles. The number of nitrogens with one attached hydrogen (secondary N) is 1. The second-order valence-electron chi connectivity index (χ2n) is 3.14. The van der Waals surface area contributed by atoms with Gasteiger partial charge >= 0.3 is 6.03 Å². The lowest BCUT2D eigenvalue weighted by atomic mass is 10.2. The normalized spacial score (nSPS) is 9.06. The van der Waals surface area contributed by atoms with Gasteiger partial charge in [-0.05, 0) is 31.3 Å². The molecule has 0 unspecified atom stereocenters. The largest absolute Gasteiger partial charge is 0.340 e. The van der Waals surface area contributed by atoms with E-state index in [0.717, 1.165) is 10.5 Å². The van der Waals surface area contributed by atoms with Crippen molar-refractivity contribution in [3.8, 4) is 6.07 Å². The zero-order valence-corrected chi connectivity index (χ0v) is 9.84. The van der Waals surface area contributed by atoms with Crippen LogP contribution in [0.5, 0.6) is 0 Å². The number of nitriles is 1. The van der Waals surface area contributed by atoms with E-state index < -0.39 is 6.03 Å². The van der Waals surface area contributed by atoms with E-state index in [2.05, 4.69) is 5.32 Å². The van der Waals surface area contributed by atoms with E-state index in [1.165, 1.54) is 7.05 Å². The number of thiocarbonyl (C=S) groups is 1. The molecule has 0 aliphatic heterocycles. The van der Waals surface area contributed by atoms with Crippen LogP contribution in [0.2, 0.25) is 0 Å². The molecule has 0 saturated carbocycles. The van der Waals surface area contributed by atoms with Gasteiger partial charge in [0, 0.05) is 7.05 Å². The van der Waals surface area contributed by atoms with Gasteiger partial charge in [0.1, 0.15) is 6.07 Å². The SMILES string of the molecule is CNC(=O)N(C(=S)C#N)c1ccc(C)cc1. The fourth-order valence-corrected chi connectivity index (χ4v) is 1.37. The highest BCUT2D eigenvalue weighted by Crippen LogP contribution is 2.15. The van der Waals surface area contributed by atoms with E-state index in [-0.39, 0.29) is 4.99 Å². The van der Waals surface area contributed by atoms with Crippen molar-refractivity contribution in [3.05, 3.63) is 29.8 Å². The average molecular weight is 233 g/mol. The molecule has 1 aromatic rings. The standard InChI is InChI=1S/C11H11N3OS/c1-8-3-5-9(6-4-8)14(10(16)7-12)11(15)13-2/h3-6H,1-2H3,(H,13,15). The van der Waals surface area contributed by atoms with Gasteiger partial charge in [0.2, 0.25) is 0 Å². The number of carbonyl (C=O) groups excluding carboxylic acids is 1. The first-order chi connectivity index (χ1) is 7.60. The van der Waals surface area contributed by atoms with Gasteiger partial charge in [0.15, 0.2) is 4.99 Å². The molecule has 0 saturated heterocycles. The molecule has 4 nitrogen and oxygen atoms in total. The quantitative estimate of drug-likeness (QED) is 0.755. The highest BCUT2D eigenvalue weighted by atomic mass is 32.1. The van der Waals surface area contributed by atoms with Gasteiger partial charge in [-0.25, -0.2) is 9.69 Å². The Labute approximate surface area is 99.5 Å². The smallest absolute Gasteiger partial charge is 0.327 e. The Morgan fingerprint density at radius 2 is 2.00 bits per heavy atom. The van der Waals surface area contributed by atoms with E-state index in [9.17, 15) is 4.79 Å². The fraction of sp³-hybridized carbons (Fsp3) is 0.182. The summed E-state index contributed by atoms with van der Waals surface area (Å²) in [5, 5.41) is 11.2. The van der Waals surface area contributed by atoms with Crippen LogP contribution in [-0.2, 0) is 0 Å². The molecular weight excluding hydrogens is 222 g/mol. The summed E-state index contributed by atoms with van der Waals surface area (Å²) in [4.78, 5) is 12.7. The second-order valence-corrected chi connectivity index (χ2v) is 3.53. The Morgan fingerprint density at radius 1 is 1.44 bits per heavy atom. The monoisotopic (exact) mass is 233 g/mol. The van der Waals surface area contributed by atoms with E-state index in [1.54, 1.807) is 18.2 Å². The summed E-state index contributed by atoms with van der Waals surface area (Å²) in [6.07, 6.45) is 0. The second kappa shape index (κ2) is 5.24. The Hall–Kier alpha value is -1.93. The summed E-state index contributed by atoms with van der Waals surface area (Å²) in [6.45, 7) is 1.94. The number of aryl methyl sites for hydroxylation is 1. The molecular formula is C11H11N3OS. The molecule has 0 atom stereocenters. The summed E-state index contributed by atoms with van der Waals surface area (Å²) < 4.78 is 0. The van der Waals surface area contributed by atoms with Gasteiger partial charge in [-0.15, -0.1) is 0 Å². The van der Waals surface area contributed by atoms with Crippen molar-refractivity contribution in [1.82, 2.24) is 5.32 Å². The summed E-state index contributed by atoms with van der Waals surface area (Å²) >= 11 is 4.84. The number of hydrogen-bond donors (Lipinski definition) is 1. The Morgan fingerprint density at radius 3 is 2.44 bits per heavy atom. The molecule has 1 N–H and O–H groups in total. The van der Waals surface area contributed by atoms with Gasteiger partial charge in [-0.3, -0.25) is 0 Å². The van der Waals surface area contributed by atoms with Crippen molar-refractivity contribution in [2.75, 3.05) is 11.9 Å². The van der Waals surface area contributed by atoms with E-state index in [4.69, 9.17) is 17.5 Å². The van der Waals surface area contributed by atoms with Crippen LogP contribution in [0.25, 0.3) is 0 Å². The molecule has 0 aliphatic rings. The third-order valence-electron chi connectivity index (χ3n) is 2.01. The minimum absolute atomic E-state index is 0.0804. The lowest BCUT2D eigenvalue weighted by molar-refractivity contribution is 0.251. The first-order valence-corrected chi connectivity index (χ1v) is 5.03. The molecule has 0 bridgehead atoms. The molecule has 82 valence electrons. The van der Waals surface area contributed by atoms with Crippen molar-refractivity contribution in [2.24, 2.45) is 0 Å². The van der Waals surface area contributed by atoms with Crippen LogP contribution in [0.1, 0.15) is 5.56 Å². The molecule has 0 aliphatic carbocycles. The average Bonchev–Trinajstić information content (AvgIpc) is 2.31. The van der Waals surface area contributed by atoms with Crippen molar-refractivity contribution in [2.45, 2.75) is 6.92 Å². The van der Waals surface area contributed by atoms with Gasteiger partial charge < -0.3 is 5.32 Å². The molecule has 0 fully saturated rings. The minimum Gasteiger partial charge on any atom is -0.340 e. The van der Waals surface area contributed by atoms with Crippen LogP contribution >= 0.6 is 12.2 Å². The highest BCUT2D eigenvalue weighted by molar-refractivity contribution is 7.81. The zero-order chi connectivity index (χ0) is 12.1. The summed E-state index contributed by atoms with van der Waals surface area (Å²) in [7, 11) is 1.49. The third-order valence-corrected chi connectivity index (χ3v) is 2.28. The van der Waals surface area contributed by atoms with Crippen molar-refractivity contribution >= 4 is 28.9 Å².